The van der Waals surface area contributed by atoms with E-state index >= 15 is 0 Å². The van der Waals surface area contributed by atoms with E-state index in [1.54, 1.807) is 0 Å². The predicted octanol–water partition coefficient (Wildman–Crippen LogP) is 2.18. The van der Waals surface area contributed by atoms with Gasteiger partial charge in [-0.2, -0.15) is 0 Å². The summed E-state index contributed by atoms with van der Waals surface area (Å²) < 4.78 is 0. The smallest absolute Gasteiger partial charge is 0.249 e. The highest BCUT2D eigenvalue weighted by atomic mass is 16.2. The molecule has 2 unspecified atom stereocenters. The van der Waals surface area contributed by atoms with Gasteiger partial charge in [0.25, 0.3) is 0 Å². The minimum Gasteiger partial charge on any atom is -0.340 e. The molecule has 4 nitrogen and oxygen atoms in total. The average Bonchev–Trinajstić information content (AvgIpc) is 3.06. The Hall–Kier alpha value is -1.06. The van der Waals surface area contributed by atoms with Gasteiger partial charge in [-0.1, -0.05) is 34.6 Å². The monoisotopic (exact) mass is 280 g/mol. The SMILES string of the molecule is CC(C)C1C(=O)NC(C)(C2CC2)C(=O)N1CC(C)(C)C. The lowest BCUT2D eigenvalue weighted by atomic mass is 9.84. The molecule has 0 aromatic heterocycles. The first kappa shape index (κ1) is 15.3. The molecule has 2 rings (SSSR count). The Bertz CT molecular complexity index is 421. The lowest BCUT2D eigenvalue weighted by Gasteiger charge is -2.48. The van der Waals surface area contributed by atoms with E-state index in [2.05, 4.69) is 26.1 Å². The molecule has 4 heteroatoms. The molecule has 1 saturated heterocycles. The highest BCUT2D eigenvalue weighted by Crippen LogP contribution is 2.43. The zero-order chi connectivity index (χ0) is 15.3. The number of rotatable bonds is 3. The summed E-state index contributed by atoms with van der Waals surface area (Å²) in [4.78, 5) is 27.3. The van der Waals surface area contributed by atoms with Crippen LogP contribution in [-0.2, 0) is 9.59 Å². The third-order valence-corrected chi connectivity index (χ3v) is 4.36. The van der Waals surface area contributed by atoms with Crippen LogP contribution in [0, 0.1) is 17.3 Å². The molecule has 1 aliphatic carbocycles. The molecule has 1 heterocycles. The van der Waals surface area contributed by atoms with Gasteiger partial charge in [-0.25, -0.2) is 0 Å². The second-order valence-electron chi connectivity index (χ2n) is 8.15. The summed E-state index contributed by atoms with van der Waals surface area (Å²) in [5.41, 5.74) is -0.696. The van der Waals surface area contributed by atoms with E-state index in [0.717, 1.165) is 12.8 Å². The summed E-state index contributed by atoms with van der Waals surface area (Å²) >= 11 is 0. The van der Waals surface area contributed by atoms with Gasteiger partial charge in [-0.15, -0.1) is 0 Å². The van der Waals surface area contributed by atoms with Gasteiger partial charge in [-0.3, -0.25) is 9.59 Å². The van der Waals surface area contributed by atoms with E-state index in [1.165, 1.54) is 0 Å². The minimum atomic E-state index is -0.687. The van der Waals surface area contributed by atoms with E-state index in [4.69, 9.17) is 0 Å². The number of hydrogen-bond acceptors (Lipinski definition) is 2. The fraction of sp³-hybridized carbons (Fsp3) is 0.875. The van der Waals surface area contributed by atoms with Crippen molar-refractivity contribution < 1.29 is 9.59 Å². The Morgan fingerprint density at radius 3 is 2.25 bits per heavy atom. The second kappa shape index (κ2) is 4.74. The third kappa shape index (κ3) is 2.70. The van der Waals surface area contributed by atoms with E-state index < -0.39 is 5.54 Å². The lowest BCUT2D eigenvalue weighted by Crippen LogP contribution is -2.71. The van der Waals surface area contributed by atoms with E-state index in [-0.39, 0.29) is 29.2 Å². The molecule has 1 saturated carbocycles. The van der Waals surface area contributed by atoms with Gasteiger partial charge in [0.15, 0.2) is 0 Å². The van der Waals surface area contributed by atoms with E-state index in [0.29, 0.717) is 12.5 Å². The maximum atomic E-state index is 13.0. The third-order valence-electron chi connectivity index (χ3n) is 4.36. The minimum absolute atomic E-state index is 0.00905. The number of amides is 2. The molecule has 1 aliphatic heterocycles. The molecule has 0 bridgehead atoms. The highest BCUT2D eigenvalue weighted by molar-refractivity contribution is 6.00. The van der Waals surface area contributed by atoms with Crippen molar-refractivity contribution in [1.29, 1.82) is 0 Å². The molecule has 0 spiro atoms. The summed E-state index contributed by atoms with van der Waals surface area (Å²) in [5.74, 6) is 0.561. The van der Waals surface area contributed by atoms with Gasteiger partial charge >= 0.3 is 0 Å². The van der Waals surface area contributed by atoms with E-state index in [1.807, 2.05) is 25.7 Å². The molecular formula is C16H28N2O2. The van der Waals surface area contributed by atoms with Crippen LogP contribution in [0.3, 0.4) is 0 Å². The van der Waals surface area contributed by atoms with Crippen LogP contribution in [-0.4, -0.2) is 34.8 Å². The van der Waals surface area contributed by atoms with Crippen molar-refractivity contribution in [3.05, 3.63) is 0 Å². The van der Waals surface area contributed by atoms with Crippen LogP contribution in [0.2, 0.25) is 0 Å². The van der Waals surface area contributed by atoms with Gasteiger partial charge < -0.3 is 10.2 Å². The van der Waals surface area contributed by atoms with Gasteiger partial charge in [0.2, 0.25) is 11.8 Å². The number of piperazine rings is 1. The second-order valence-corrected chi connectivity index (χ2v) is 8.15. The Morgan fingerprint density at radius 2 is 1.85 bits per heavy atom. The van der Waals surface area contributed by atoms with Crippen molar-refractivity contribution in [2.75, 3.05) is 6.54 Å². The zero-order valence-corrected chi connectivity index (χ0v) is 13.6. The summed E-state index contributed by atoms with van der Waals surface area (Å²) in [6.07, 6.45) is 2.08. The molecule has 2 fully saturated rings. The average molecular weight is 280 g/mol. The van der Waals surface area contributed by atoms with Crippen molar-refractivity contribution in [3.63, 3.8) is 0 Å². The maximum Gasteiger partial charge on any atom is 0.249 e. The van der Waals surface area contributed by atoms with Crippen LogP contribution in [0.5, 0.6) is 0 Å². The lowest BCUT2D eigenvalue weighted by molar-refractivity contribution is -0.158. The van der Waals surface area contributed by atoms with Crippen LogP contribution >= 0.6 is 0 Å². The van der Waals surface area contributed by atoms with Crippen LogP contribution < -0.4 is 5.32 Å². The summed E-state index contributed by atoms with van der Waals surface area (Å²) in [6, 6.07) is -0.339. The van der Waals surface area contributed by atoms with Crippen molar-refractivity contribution in [3.8, 4) is 0 Å². The molecule has 0 radical (unpaired) electrons. The van der Waals surface area contributed by atoms with Crippen LogP contribution in [0.4, 0.5) is 0 Å². The molecular weight excluding hydrogens is 252 g/mol. The standard InChI is InChI=1S/C16H28N2O2/c1-10(2)12-13(19)17-16(6,11-7-8-11)14(20)18(12)9-15(3,4)5/h10-12H,7-9H2,1-6H3,(H,17,19). The van der Waals surface area contributed by atoms with Crippen molar-refractivity contribution in [2.45, 2.75) is 66.0 Å². The first-order valence-corrected chi connectivity index (χ1v) is 7.69. The molecule has 0 aromatic rings. The quantitative estimate of drug-likeness (QED) is 0.861. The maximum absolute atomic E-state index is 13.0. The molecule has 2 amide bonds. The van der Waals surface area contributed by atoms with E-state index in [9.17, 15) is 9.59 Å². The van der Waals surface area contributed by atoms with Crippen LogP contribution in [0.1, 0.15) is 54.4 Å². The van der Waals surface area contributed by atoms with Crippen LogP contribution in [0.25, 0.3) is 0 Å². The molecule has 0 aromatic carbocycles. The topological polar surface area (TPSA) is 49.4 Å². The Balaban J connectivity index is 2.33. The normalized spacial score (nSPS) is 31.8. The van der Waals surface area contributed by atoms with Gasteiger partial charge in [0.05, 0.1) is 0 Å². The van der Waals surface area contributed by atoms with Crippen LogP contribution in [0.15, 0.2) is 0 Å². The Labute approximate surface area is 122 Å². The summed E-state index contributed by atoms with van der Waals surface area (Å²) in [5, 5.41) is 3.02. The Kier molecular flexibility index (Phi) is 3.64. The predicted molar refractivity (Wildman–Crippen MR) is 79.1 cm³/mol. The number of nitrogens with one attached hydrogen (secondary N) is 1. The Morgan fingerprint density at radius 1 is 1.30 bits per heavy atom. The van der Waals surface area contributed by atoms with Gasteiger partial charge in [0, 0.05) is 6.54 Å². The van der Waals surface area contributed by atoms with Crippen molar-refractivity contribution in [1.82, 2.24) is 10.2 Å². The summed E-state index contributed by atoms with van der Waals surface area (Å²) in [7, 11) is 0. The number of hydrogen-bond donors (Lipinski definition) is 1. The summed E-state index contributed by atoms with van der Waals surface area (Å²) in [6.45, 7) is 12.9. The molecule has 2 atom stereocenters. The fourth-order valence-electron chi connectivity index (χ4n) is 3.23. The molecule has 1 N–H and O–H groups in total. The van der Waals surface area contributed by atoms with Gasteiger partial charge in [0.1, 0.15) is 11.6 Å². The largest absolute Gasteiger partial charge is 0.340 e. The fourth-order valence-corrected chi connectivity index (χ4v) is 3.23. The number of carbonyl (C=O) groups excluding carboxylic acids is 2. The molecule has 2 aliphatic rings. The zero-order valence-electron chi connectivity index (χ0n) is 13.6. The van der Waals surface area contributed by atoms with Crippen molar-refractivity contribution >= 4 is 11.8 Å². The number of carbonyl (C=O) groups is 2. The molecule has 20 heavy (non-hydrogen) atoms. The number of nitrogens with zero attached hydrogens (tertiary/aromatic N) is 1. The van der Waals surface area contributed by atoms with Gasteiger partial charge in [-0.05, 0) is 37.0 Å². The first-order valence-electron chi connectivity index (χ1n) is 7.69. The highest BCUT2D eigenvalue weighted by Gasteiger charge is 2.56. The first-order chi connectivity index (χ1) is 9.06. The molecule has 114 valence electrons. The van der Waals surface area contributed by atoms with Crippen molar-refractivity contribution in [2.24, 2.45) is 17.3 Å².